The van der Waals surface area contributed by atoms with Crippen LogP contribution in [0.1, 0.15) is 0 Å². The number of hydrogen-bond acceptors (Lipinski definition) is 2. The molecule has 4 amide bonds. The minimum atomic E-state index is -0.679. The summed E-state index contributed by atoms with van der Waals surface area (Å²) in [6.07, 6.45) is 0. The third-order valence-corrected chi connectivity index (χ3v) is 3.18. The maximum absolute atomic E-state index is 11.7. The first-order chi connectivity index (χ1) is 10.0. The Labute approximate surface area is 131 Å². The van der Waals surface area contributed by atoms with E-state index in [1.54, 1.807) is 36.4 Å². The van der Waals surface area contributed by atoms with E-state index in [1.807, 2.05) is 6.07 Å². The monoisotopic (exact) mass is 323 g/mol. The SMILES string of the molecule is O=C(NC(=O)Nc1ccc(Cl)c(Cl)c1)Nc1ccccc1. The van der Waals surface area contributed by atoms with Crippen molar-refractivity contribution < 1.29 is 9.59 Å². The predicted molar refractivity (Wildman–Crippen MR) is 84.1 cm³/mol. The van der Waals surface area contributed by atoms with E-state index in [-0.39, 0.29) is 0 Å². The smallest absolute Gasteiger partial charge is 0.308 e. The van der Waals surface area contributed by atoms with Crippen LogP contribution in [0.5, 0.6) is 0 Å². The van der Waals surface area contributed by atoms with Crippen molar-refractivity contribution in [1.82, 2.24) is 5.32 Å². The van der Waals surface area contributed by atoms with E-state index in [4.69, 9.17) is 23.2 Å². The zero-order valence-corrected chi connectivity index (χ0v) is 12.2. The normalized spacial score (nSPS) is 9.81. The molecule has 5 nitrogen and oxygen atoms in total. The maximum Gasteiger partial charge on any atom is 0.327 e. The van der Waals surface area contributed by atoms with Crippen molar-refractivity contribution in [3.05, 3.63) is 58.6 Å². The number of nitrogens with one attached hydrogen (secondary N) is 3. The molecule has 0 aliphatic rings. The highest BCUT2D eigenvalue weighted by Gasteiger charge is 2.08. The second-order valence-corrected chi connectivity index (χ2v) is 4.84. The number of halogens is 2. The van der Waals surface area contributed by atoms with Gasteiger partial charge in [-0.25, -0.2) is 9.59 Å². The Hall–Kier alpha value is -2.24. The highest BCUT2D eigenvalue weighted by molar-refractivity contribution is 6.42. The van der Waals surface area contributed by atoms with E-state index in [0.717, 1.165) is 0 Å². The van der Waals surface area contributed by atoms with Gasteiger partial charge in [0, 0.05) is 11.4 Å². The molecular formula is C14H11Cl2N3O2. The minimum absolute atomic E-state index is 0.309. The van der Waals surface area contributed by atoms with E-state index in [0.29, 0.717) is 21.4 Å². The summed E-state index contributed by atoms with van der Waals surface area (Å²) in [4.78, 5) is 23.3. The molecule has 0 spiro atoms. The zero-order chi connectivity index (χ0) is 15.2. The Morgan fingerprint density at radius 2 is 1.38 bits per heavy atom. The van der Waals surface area contributed by atoms with E-state index >= 15 is 0 Å². The topological polar surface area (TPSA) is 70.2 Å². The van der Waals surface area contributed by atoms with Crippen LogP contribution in [0, 0.1) is 0 Å². The molecular weight excluding hydrogens is 313 g/mol. The summed E-state index contributed by atoms with van der Waals surface area (Å²) in [5, 5.41) is 7.82. The van der Waals surface area contributed by atoms with Gasteiger partial charge in [-0.2, -0.15) is 0 Å². The molecule has 3 N–H and O–H groups in total. The first kappa shape index (κ1) is 15.2. The van der Waals surface area contributed by atoms with Gasteiger partial charge in [0.05, 0.1) is 10.0 Å². The van der Waals surface area contributed by atoms with Gasteiger partial charge in [-0.05, 0) is 30.3 Å². The van der Waals surface area contributed by atoms with Gasteiger partial charge in [0.15, 0.2) is 0 Å². The van der Waals surface area contributed by atoms with E-state index in [9.17, 15) is 9.59 Å². The molecule has 108 valence electrons. The van der Waals surface area contributed by atoms with Crippen LogP contribution in [0.3, 0.4) is 0 Å². The fourth-order valence-corrected chi connectivity index (χ4v) is 1.82. The Bertz CT molecular complexity index is 663. The van der Waals surface area contributed by atoms with Crippen LogP contribution in [0.15, 0.2) is 48.5 Å². The van der Waals surface area contributed by atoms with Crippen molar-refractivity contribution >= 4 is 46.6 Å². The first-order valence-electron chi connectivity index (χ1n) is 5.93. The predicted octanol–water partition coefficient (Wildman–Crippen LogP) is 4.35. The number of amides is 4. The first-order valence-corrected chi connectivity index (χ1v) is 6.69. The van der Waals surface area contributed by atoms with Gasteiger partial charge < -0.3 is 10.6 Å². The standard InChI is InChI=1S/C14H11Cl2N3O2/c15-11-7-6-10(8-12(11)16)18-14(21)19-13(20)17-9-4-2-1-3-5-9/h1-8H,(H3,17,18,19,20,21). The average Bonchev–Trinajstić information content (AvgIpc) is 2.43. The lowest BCUT2D eigenvalue weighted by Gasteiger charge is -2.08. The van der Waals surface area contributed by atoms with Gasteiger partial charge in [-0.3, -0.25) is 5.32 Å². The van der Waals surface area contributed by atoms with Crippen LogP contribution in [-0.2, 0) is 0 Å². The third-order valence-electron chi connectivity index (χ3n) is 2.44. The van der Waals surface area contributed by atoms with E-state index in [2.05, 4.69) is 16.0 Å². The number of carbonyl (C=O) groups is 2. The van der Waals surface area contributed by atoms with Crippen molar-refractivity contribution in [3.8, 4) is 0 Å². The molecule has 7 heteroatoms. The summed E-state index contributed by atoms with van der Waals surface area (Å²) in [5.74, 6) is 0. The van der Waals surface area contributed by atoms with Gasteiger partial charge in [0.1, 0.15) is 0 Å². The summed E-state index contributed by atoms with van der Waals surface area (Å²) in [6.45, 7) is 0. The molecule has 0 atom stereocenters. The molecule has 0 unspecified atom stereocenters. The number of rotatable bonds is 2. The van der Waals surface area contributed by atoms with Crippen molar-refractivity contribution in [2.24, 2.45) is 0 Å². The molecule has 0 aliphatic carbocycles. The summed E-state index contributed by atoms with van der Waals surface area (Å²) in [7, 11) is 0. The van der Waals surface area contributed by atoms with Gasteiger partial charge in [0.25, 0.3) is 0 Å². The fraction of sp³-hybridized carbons (Fsp3) is 0. The molecule has 0 fully saturated rings. The molecule has 0 aromatic heterocycles. The molecule has 0 saturated heterocycles. The Balaban J connectivity index is 1.89. The highest BCUT2D eigenvalue weighted by Crippen LogP contribution is 2.24. The van der Waals surface area contributed by atoms with E-state index in [1.165, 1.54) is 6.07 Å². The number of anilines is 2. The summed E-state index contributed by atoms with van der Waals surface area (Å²) >= 11 is 11.6. The zero-order valence-electron chi connectivity index (χ0n) is 10.7. The van der Waals surface area contributed by atoms with Crippen LogP contribution in [0.4, 0.5) is 21.0 Å². The van der Waals surface area contributed by atoms with Crippen LogP contribution in [0.2, 0.25) is 10.0 Å². The Kier molecular flexibility index (Phi) is 5.03. The van der Waals surface area contributed by atoms with Crippen LogP contribution < -0.4 is 16.0 Å². The molecule has 0 bridgehead atoms. The molecule has 2 rings (SSSR count). The quantitative estimate of drug-likeness (QED) is 0.769. The van der Waals surface area contributed by atoms with E-state index < -0.39 is 12.1 Å². The van der Waals surface area contributed by atoms with Crippen molar-refractivity contribution in [3.63, 3.8) is 0 Å². The fourth-order valence-electron chi connectivity index (χ4n) is 1.52. The summed E-state index contributed by atoms with van der Waals surface area (Å²) < 4.78 is 0. The molecule has 2 aromatic carbocycles. The maximum atomic E-state index is 11.7. The Morgan fingerprint density at radius 1 is 0.762 bits per heavy atom. The van der Waals surface area contributed by atoms with Gasteiger partial charge in [0.2, 0.25) is 0 Å². The molecule has 2 aromatic rings. The lowest BCUT2D eigenvalue weighted by molar-refractivity contribution is 0.240. The largest absolute Gasteiger partial charge is 0.327 e. The number of benzene rings is 2. The second-order valence-electron chi connectivity index (χ2n) is 4.03. The summed E-state index contributed by atoms with van der Waals surface area (Å²) in [6, 6.07) is 12.1. The lowest BCUT2D eigenvalue weighted by atomic mass is 10.3. The van der Waals surface area contributed by atoms with Gasteiger partial charge in [-0.1, -0.05) is 41.4 Å². The van der Waals surface area contributed by atoms with Crippen LogP contribution >= 0.6 is 23.2 Å². The Morgan fingerprint density at radius 3 is 2.00 bits per heavy atom. The molecule has 21 heavy (non-hydrogen) atoms. The average molecular weight is 324 g/mol. The van der Waals surface area contributed by atoms with Crippen molar-refractivity contribution in [2.45, 2.75) is 0 Å². The number of urea groups is 2. The van der Waals surface area contributed by atoms with Crippen molar-refractivity contribution in [1.29, 1.82) is 0 Å². The van der Waals surface area contributed by atoms with Crippen molar-refractivity contribution in [2.75, 3.05) is 10.6 Å². The number of hydrogen-bond donors (Lipinski definition) is 3. The number of para-hydroxylation sites is 1. The summed E-state index contributed by atoms with van der Waals surface area (Å²) in [5.41, 5.74) is 1.01. The molecule has 0 heterocycles. The molecule has 0 aliphatic heterocycles. The number of carbonyl (C=O) groups excluding carboxylic acids is 2. The van der Waals surface area contributed by atoms with Crippen LogP contribution in [-0.4, -0.2) is 12.1 Å². The van der Waals surface area contributed by atoms with Crippen LogP contribution in [0.25, 0.3) is 0 Å². The molecule has 0 saturated carbocycles. The highest BCUT2D eigenvalue weighted by atomic mass is 35.5. The van der Waals surface area contributed by atoms with Gasteiger partial charge >= 0.3 is 12.1 Å². The minimum Gasteiger partial charge on any atom is -0.308 e. The van der Waals surface area contributed by atoms with Gasteiger partial charge in [-0.15, -0.1) is 0 Å². The second kappa shape index (κ2) is 6.97. The number of imide groups is 1. The molecule has 0 radical (unpaired) electrons. The third kappa shape index (κ3) is 4.66. The lowest BCUT2D eigenvalue weighted by Crippen LogP contribution is -2.37.